The molecule has 3 rings (SSSR count). The monoisotopic (exact) mass is 339 g/mol. The van der Waals surface area contributed by atoms with Gasteiger partial charge in [-0.05, 0) is 36.5 Å². The lowest BCUT2D eigenvalue weighted by molar-refractivity contribution is -0.00569. The number of ether oxygens (including phenoxy) is 1. The Morgan fingerprint density at radius 3 is 2.84 bits per heavy atom. The second-order valence-corrected chi connectivity index (χ2v) is 6.80. The molecule has 1 aliphatic heterocycles. The quantitative estimate of drug-likeness (QED) is 0.766. The van der Waals surface area contributed by atoms with Gasteiger partial charge in [-0.25, -0.2) is 4.39 Å². The van der Waals surface area contributed by atoms with E-state index in [1.165, 1.54) is 6.07 Å². The van der Waals surface area contributed by atoms with E-state index in [0.717, 1.165) is 42.2 Å². The van der Waals surface area contributed by atoms with Crippen molar-refractivity contribution in [2.24, 2.45) is 5.92 Å². The first-order valence-corrected chi connectivity index (χ1v) is 9.10. The van der Waals surface area contributed by atoms with Gasteiger partial charge in [0, 0.05) is 5.56 Å². The van der Waals surface area contributed by atoms with E-state index >= 15 is 0 Å². The molecule has 131 valence electrons. The van der Waals surface area contributed by atoms with E-state index in [2.05, 4.69) is 7.28 Å². The summed E-state index contributed by atoms with van der Waals surface area (Å²) in [7, 11) is 2.30. The third kappa shape index (κ3) is 4.31. The summed E-state index contributed by atoms with van der Waals surface area (Å²) >= 11 is 0. The molecule has 2 nitrogen and oxygen atoms in total. The van der Waals surface area contributed by atoms with Crippen LogP contribution in [0.3, 0.4) is 0 Å². The van der Waals surface area contributed by atoms with Crippen molar-refractivity contribution in [2.75, 3.05) is 13.2 Å². The van der Waals surface area contributed by atoms with E-state index in [4.69, 9.17) is 4.74 Å². The molecule has 4 heteroatoms. The summed E-state index contributed by atoms with van der Waals surface area (Å²) in [6, 6.07) is 13.2. The summed E-state index contributed by atoms with van der Waals surface area (Å²) in [5.74, 6) is 0.103. The molecule has 1 saturated heterocycles. The Bertz CT molecular complexity index is 698. The molecule has 1 radical (unpaired) electrons. The first kappa shape index (κ1) is 18.2. The average Bonchev–Trinajstić information content (AvgIpc) is 2.63. The minimum atomic E-state index is -0.222. The fraction of sp³-hybridized carbons (Fsp3) is 0.429. The van der Waals surface area contributed by atoms with Crippen molar-refractivity contribution >= 4 is 7.28 Å². The van der Waals surface area contributed by atoms with Gasteiger partial charge in [-0.2, -0.15) is 0 Å². The molecule has 0 amide bonds. The summed E-state index contributed by atoms with van der Waals surface area (Å²) in [6.07, 6.45) is 4.11. The highest BCUT2D eigenvalue weighted by molar-refractivity contribution is 6.35. The van der Waals surface area contributed by atoms with Crippen LogP contribution in [0.1, 0.15) is 30.1 Å². The molecule has 1 N–H and O–H groups in total. The van der Waals surface area contributed by atoms with Gasteiger partial charge in [0.25, 0.3) is 0 Å². The smallest absolute Gasteiger partial charge is 0.131 e. The molecule has 1 fully saturated rings. The Labute approximate surface area is 150 Å². The predicted octanol–water partition coefficient (Wildman–Crippen LogP) is 4.80. The van der Waals surface area contributed by atoms with Gasteiger partial charge in [0.1, 0.15) is 13.1 Å². The molecule has 0 aromatic heterocycles. The summed E-state index contributed by atoms with van der Waals surface area (Å²) in [5, 5.41) is 9.23. The molecule has 2 aromatic rings. The van der Waals surface area contributed by atoms with Crippen molar-refractivity contribution in [3.05, 3.63) is 59.4 Å². The van der Waals surface area contributed by atoms with Crippen molar-refractivity contribution < 1.29 is 14.2 Å². The molecule has 0 bridgehead atoms. The maximum absolute atomic E-state index is 14.8. The molecule has 1 heterocycles. The Hall–Kier alpha value is -1.65. The second-order valence-electron chi connectivity index (χ2n) is 6.80. The molecule has 2 aromatic carbocycles. The number of halogens is 1. The SMILES string of the molecule is Cc1cccc(-c2c(F)cccc2C(OCCO)[C@H]2C[B]CCC2)c1. The van der Waals surface area contributed by atoms with Gasteiger partial charge in [0.15, 0.2) is 0 Å². The number of rotatable bonds is 6. The highest BCUT2D eigenvalue weighted by Gasteiger charge is 2.29. The lowest BCUT2D eigenvalue weighted by Crippen LogP contribution is -2.23. The molecule has 0 aliphatic carbocycles. The lowest BCUT2D eigenvalue weighted by Gasteiger charge is -2.32. The zero-order valence-electron chi connectivity index (χ0n) is 14.7. The molecule has 1 aliphatic rings. The summed E-state index contributed by atoms with van der Waals surface area (Å²) < 4.78 is 20.8. The molecule has 0 saturated carbocycles. The Balaban J connectivity index is 2.04. The maximum Gasteiger partial charge on any atom is 0.131 e. The van der Waals surface area contributed by atoms with Crippen LogP contribution in [0, 0.1) is 18.7 Å². The highest BCUT2D eigenvalue weighted by Crippen LogP contribution is 2.40. The first-order chi connectivity index (χ1) is 12.2. The van der Waals surface area contributed by atoms with E-state index in [0.29, 0.717) is 11.5 Å². The first-order valence-electron chi connectivity index (χ1n) is 9.10. The third-order valence-electron chi connectivity index (χ3n) is 4.93. The number of benzene rings is 2. The van der Waals surface area contributed by atoms with Crippen LogP contribution in [0.2, 0.25) is 12.6 Å². The number of aryl methyl sites for hydroxylation is 1. The number of hydrogen-bond acceptors (Lipinski definition) is 2. The van der Waals surface area contributed by atoms with Crippen molar-refractivity contribution in [1.29, 1.82) is 0 Å². The average molecular weight is 339 g/mol. The van der Waals surface area contributed by atoms with E-state index in [9.17, 15) is 9.50 Å². The fourth-order valence-corrected chi connectivity index (χ4v) is 3.79. The van der Waals surface area contributed by atoms with E-state index in [1.54, 1.807) is 6.07 Å². The van der Waals surface area contributed by atoms with Crippen LogP contribution >= 0.6 is 0 Å². The van der Waals surface area contributed by atoms with Gasteiger partial charge in [-0.15, -0.1) is 0 Å². The highest BCUT2D eigenvalue weighted by atomic mass is 19.1. The van der Waals surface area contributed by atoms with Gasteiger partial charge in [-0.1, -0.05) is 61.0 Å². The minimum Gasteiger partial charge on any atom is -0.394 e. The number of aliphatic hydroxyl groups excluding tert-OH is 1. The van der Waals surface area contributed by atoms with Gasteiger partial charge in [0.05, 0.1) is 19.3 Å². The van der Waals surface area contributed by atoms with E-state index < -0.39 is 0 Å². The van der Waals surface area contributed by atoms with Crippen LogP contribution < -0.4 is 0 Å². The topological polar surface area (TPSA) is 29.5 Å². The van der Waals surface area contributed by atoms with E-state index in [-0.39, 0.29) is 25.1 Å². The lowest BCUT2D eigenvalue weighted by atomic mass is 9.58. The van der Waals surface area contributed by atoms with Gasteiger partial charge < -0.3 is 9.84 Å². The number of aliphatic hydroxyl groups is 1. The maximum atomic E-state index is 14.8. The molecular formula is C21H25BFO2. The molecule has 0 spiro atoms. The normalized spacial score (nSPS) is 18.6. The Morgan fingerprint density at radius 1 is 1.28 bits per heavy atom. The van der Waals surface area contributed by atoms with Crippen LogP contribution in [0.25, 0.3) is 11.1 Å². The van der Waals surface area contributed by atoms with Crippen molar-refractivity contribution in [3.63, 3.8) is 0 Å². The van der Waals surface area contributed by atoms with Crippen LogP contribution in [0.5, 0.6) is 0 Å². The van der Waals surface area contributed by atoms with Crippen molar-refractivity contribution in [3.8, 4) is 11.1 Å². The van der Waals surface area contributed by atoms with Gasteiger partial charge >= 0.3 is 0 Å². The Kier molecular flexibility index (Phi) is 6.27. The molecular weight excluding hydrogens is 314 g/mol. The molecule has 2 atom stereocenters. The largest absolute Gasteiger partial charge is 0.394 e. The van der Waals surface area contributed by atoms with Crippen LogP contribution in [-0.2, 0) is 4.74 Å². The molecule has 1 unspecified atom stereocenters. The third-order valence-corrected chi connectivity index (χ3v) is 4.93. The van der Waals surface area contributed by atoms with Crippen LogP contribution in [0.4, 0.5) is 4.39 Å². The predicted molar refractivity (Wildman–Crippen MR) is 100 cm³/mol. The van der Waals surface area contributed by atoms with Gasteiger partial charge in [-0.3, -0.25) is 0 Å². The van der Waals surface area contributed by atoms with E-state index in [1.807, 2.05) is 37.3 Å². The van der Waals surface area contributed by atoms with Crippen LogP contribution in [0.15, 0.2) is 42.5 Å². The van der Waals surface area contributed by atoms with Gasteiger partial charge in [0.2, 0.25) is 0 Å². The summed E-state index contributed by atoms with van der Waals surface area (Å²) in [4.78, 5) is 0. The molecule has 25 heavy (non-hydrogen) atoms. The second kappa shape index (κ2) is 8.64. The summed E-state index contributed by atoms with van der Waals surface area (Å²) in [6.45, 7) is 2.26. The summed E-state index contributed by atoms with van der Waals surface area (Å²) in [5.41, 5.74) is 3.50. The Morgan fingerprint density at radius 2 is 2.12 bits per heavy atom. The van der Waals surface area contributed by atoms with Crippen molar-refractivity contribution in [2.45, 2.75) is 38.5 Å². The fourth-order valence-electron chi connectivity index (χ4n) is 3.79. The van der Waals surface area contributed by atoms with Crippen molar-refractivity contribution in [1.82, 2.24) is 0 Å². The number of hydrogen-bond donors (Lipinski definition) is 1. The minimum absolute atomic E-state index is 0.0258. The zero-order valence-corrected chi connectivity index (χ0v) is 14.7. The standard InChI is InChI=1S/C21H25BFO2/c1-15-5-2-6-16(13-15)20-18(8-3-9-19(20)23)21(25-12-11-24)17-7-4-10-22-14-17/h2-3,5-6,8-9,13,17,21,24H,4,7,10-12,14H2,1H3/t17-,21?/m1/s1. The van der Waals surface area contributed by atoms with Crippen LogP contribution in [-0.4, -0.2) is 25.6 Å². The zero-order chi connectivity index (χ0) is 17.6.